The third kappa shape index (κ3) is 6.48. The average Bonchev–Trinajstić information content (AvgIpc) is 3.51. The van der Waals surface area contributed by atoms with Crippen LogP contribution in [0.2, 0.25) is 0 Å². The van der Waals surface area contributed by atoms with Crippen molar-refractivity contribution in [2.24, 2.45) is 0 Å². The number of carbonyl (C=O) groups is 1. The molecule has 1 amide bonds. The fraction of sp³-hybridized carbons (Fsp3) is 0.323. The molecule has 2 aliphatic rings. The molecule has 1 aliphatic heterocycles. The molecule has 1 saturated carbocycles. The van der Waals surface area contributed by atoms with E-state index in [4.69, 9.17) is 9.57 Å². The van der Waals surface area contributed by atoms with Crippen molar-refractivity contribution in [1.29, 1.82) is 0 Å². The molecule has 0 radical (unpaired) electrons. The van der Waals surface area contributed by atoms with E-state index < -0.39 is 43.0 Å². The Balaban J connectivity index is 1.27. The zero-order valence-corrected chi connectivity index (χ0v) is 25.0. The predicted molar refractivity (Wildman–Crippen MR) is 164 cm³/mol. The van der Waals surface area contributed by atoms with E-state index in [1.807, 2.05) is 0 Å². The van der Waals surface area contributed by atoms with Gasteiger partial charge >= 0.3 is 5.91 Å². The van der Waals surface area contributed by atoms with Gasteiger partial charge in [-0.1, -0.05) is 22.7 Å². The summed E-state index contributed by atoms with van der Waals surface area (Å²) in [7, 11) is -4.89. The fourth-order valence-corrected chi connectivity index (χ4v) is 7.08. The van der Waals surface area contributed by atoms with E-state index in [1.165, 1.54) is 42.5 Å². The van der Waals surface area contributed by atoms with E-state index in [9.17, 15) is 23.3 Å². The van der Waals surface area contributed by atoms with E-state index in [1.54, 1.807) is 18.3 Å². The molecule has 236 valence electrons. The number of halogens is 1. The van der Waals surface area contributed by atoms with Crippen LogP contribution in [0, 0.1) is 15.9 Å². The second-order valence-electron chi connectivity index (χ2n) is 11.1. The maximum Gasteiger partial charge on any atom is 0.302 e. The Morgan fingerprint density at radius 2 is 1.78 bits per heavy atom. The summed E-state index contributed by atoms with van der Waals surface area (Å²) < 4.78 is 48.4. The van der Waals surface area contributed by atoms with Crippen molar-refractivity contribution in [1.82, 2.24) is 14.4 Å². The van der Waals surface area contributed by atoms with Gasteiger partial charge in [-0.05, 0) is 62.1 Å². The summed E-state index contributed by atoms with van der Waals surface area (Å²) in [6, 6.07) is 15.2. The molecule has 2 heterocycles. The minimum Gasteiger partial charge on any atom is -0.379 e. The summed E-state index contributed by atoms with van der Waals surface area (Å²) in [6.07, 6.45) is 5.02. The van der Waals surface area contributed by atoms with Gasteiger partial charge in [0.25, 0.3) is 15.7 Å². The molecule has 4 aromatic rings. The average molecular weight is 638 g/mol. The topological polar surface area (TPSA) is 147 Å². The first kappa shape index (κ1) is 30.5. The number of nitrogens with zero attached hydrogens (tertiary/aromatic N) is 3. The molecule has 1 aliphatic carbocycles. The number of hydroxylamine groups is 1. The van der Waals surface area contributed by atoms with Gasteiger partial charge in [0.1, 0.15) is 5.69 Å². The van der Waals surface area contributed by atoms with Crippen LogP contribution >= 0.6 is 0 Å². The number of carbonyl (C=O) groups excluding carboxylic acids is 1. The fourth-order valence-electron chi connectivity index (χ4n) is 5.89. The molecule has 2 N–H and O–H groups in total. The summed E-state index contributed by atoms with van der Waals surface area (Å²) in [5, 5.41) is 15.9. The van der Waals surface area contributed by atoms with Gasteiger partial charge in [0, 0.05) is 60.0 Å². The molecule has 0 bridgehead atoms. The molecular formula is C31H32FN5O7S. The Morgan fingerprint density at radius 1 is 1.04 bits per heavy atom. The van der Waals surface area contributed by atoms with E-state index in [0.717, 1.165) is 64.1 Å². The highest BCUT2D eigenvalue weighted by Gasteiger charge is 2.36. The van der Waals surface area contributed by atoms with Gasteiger partial charge in [-0.3, -0.25) is 19.8 Å². The molecule has 1 aromatic heterocycles. The minimum atomic E-state index is -4.89. The van der Waals surface area contributed by atoms with E-state index in [2.05, 4.69) is 15.2 Å². The number of H-pyrrole nitrogens is 1. The molecule has 45 heavy (non-hydrogen) atoms. The molecule has 0 spiro atoms. The Bertz CT molecular complexity index is 1800. The first-order chi connectivity index (χ1) is 21.7. The highest BCUT2D eigenvalue weighted by Crippen LogP contribution is 2.34. The van der Waals surface area contributed by atoms with Crippen LogP contribution in [0.4, 0.5) is 15.8 Å². The zero-order valence-electron chi connectivity index (χ0n) is 24.2. The lowest BCUT2D eigenvalue weighted by molar-refractivity contribution is -0.384. The number of aromatic amines is 1. The van der Waals surface area contributed by atoms with Crippen LogP contribution in [0.1, 0.15) is 36.0 Å². The molecule has 3 aromatic carbocycles. The second-order valence-corrected chi connectivity index (χ2v) is 12.8. The van der Waals surface area contributed by atoms with Gasteiger partial charge in [-0.25, -0.2) is 4.39 Å². The number of nitro groups is 1. The monoisotopic (exact) mass is 637 g/mol. The highest BCUT2D eigenvalue weighted by molar-refractivity contribution is 7.89. The normalized spacial score (nSPS) is 19.2. The Hall–Kier alpha value is -4.53. The number of hydrogen-bond acceptors (Lipinski definition) is 9. The number of aromatic nitrogens is 1. The first-order valence-electron chi connectivity index (χ1n) is 14.7. The minimum absolute atomic E-state index is 0.0331. The summed E-state index contributed by atoms with van der Waals surface area (Å²) in [5.74, 6) is -2.54. The van der Waals surface area contributed by atoms with Crippen LogP contribution in [-0.4, -0.2) is 72.0 Å². The van der Waals surface area contributed by atoms with Gasteiger partial charge in [0.2, 0.25) is 0 Å². The number of benzene rings is 3. The van der Waals surface area contributed by atoms with Gasteiger partial charge in [0.15, 0.2) is 11.6 Å². The molecule has 12 nitrogen and oxygen atoms in total. The Kier molecular flexibility index (Phi) is 8.70. The standard InChI is InChI=1S/C31H32FN5O7S/c32-26-20-28-22(12-13-33-28)18-30(26)44-37(31(38)21-4-2-1-3-5-21)45(41,42)25-10-11-27(29(19-25)36(39)40)34-23-6-8-24(9-7-23)35-14-16-43-17-15-35/h1-5,10-13,18-20,23-24,33-34H,6-9,14-17H2. The Labute approximate surface area is 258 Å². The molecule has 6 rings (SSSR count). The second kappa shape index (κ2) is 12.8. The summed E-state index contributed by atoms with van der Waals surface area (Å²) >= 11 is 0. The largest absolute Gasteiger partial charge is 0.379 e. The van der Waals surface area contributed by atoms with Gasteiger partial charge < -0.3 is 19.9 Å². The van der Waals surface area contributed by atoms with Gasteiger partial charge in [0.05, 0.1) is 23.0 Å². The first-order valence-corrected chi connectivity index (χ1v) is 16.1. The summed E-state index contributed by atoms with van der Waals surface area (Å²) in [5.41, 5.74) is 0.0830. The lowest BCUT2D eigenvalue weighted by Crippen LogP contribution is -2.46. The molecular weight excluding hydrogens is 605 g/mol. The quantitative estimate of drug-likeness (QED) is 0.189. The van der Waals surface area contributed by atoms with Crippen molar-refractivity contribution in [3.05, 3.63) is 94.4 Å². The van der Waals surface area contributed by atoms with Crippen LogP contribution in [0.25, 0.3) is 10.9 Å². The van der Waals surface area contributed by atoms with Crippen molar-refractivity contribution in [3.8, 4) is 5.75 Å². The molecule has 0 unspecified atom stereocenters. The van der Waals surface area contributed by atoms with Crippen molar-refractivity contribution in [2.75, 3.05) is 31.6 Å². The molecule has 2 fully saturated rings. The number of hydrogen-bond donors (Lipinski definition) is 2. The van der Waals surface area contributed by atoms with Crippen molar-refractivity contribution >= 4 is 38.2 Å². The number of morpholine rings is 1. The summed E-state index contributed by atoms with van der Waals surface area (Å²) in [6.45, 7) is 3.22. The molecule has 14 heteroatoms. The van der Waals surface area contributed by atoms with Crippen molar-refractivity contribution in [3.63, 3.8) is 0 Å². The van der Waals surface area contributed by atoms with Crippen LogP contribution in [-0.2, 0) is 14.8 Å². The predicted octanol–water partition coefficient (Wildman–Crippen LogP) is 5.10. The lowest BCUT2D eigenvalue weighted by atomic mass is 9.89. The van der Waals surface area contributed by atoms with E-state index in [-0.39, 0.29) is 21.8 Å². The van der Waals surface area contributed by atoms with Crippen LogP contribution in [0.3, 0.4) is 0 Å². The maximum absolute atomic E-state index is 15.0. The Morgan fingerprint density at radius 3 is 2.49 bits per heavy atom. The van der Waals surface area contributed by atoms with Crippen molar-refractivity contribution in [2.45, 2.75) is 42.7 Å². The number of rotatable bonds is 9. The SMILES string of the molecule is O=C(c1ccccc1)N(Oc1cc2cc[nH]c2cc1F)S(=O)(=O)c1ccc(NC2CCC(N3CCOCC3)CC2)c([N+](=O)[O-])c1. The third-order valence-electron chi connectivity index (χ3n) is 8.27. The van der Waals surface area contributed by atoms with Crippen molar-refractivity contribution < 1.29 is 32.1 Å². The van der Waals surface area contributed by atoms with E-state index >= 15 is 4.39 Å². The summed E-state index contributed by atoms with van der Waals surface area (Å²) in [4.78, 5) is 35.2. The number of anilines is 1. The van der Waals surface area contributed by atoms with Gasteiger partial charge in [-0.2, -0.15) is 8.42 Å². The molecule has 1 saturated heterocycles. The number of nitrogens with one attached hydrogen (secondary N) is 2. The number of ether oxygens (including phenoxy) is 1. The maximum atomic E-state index is 15.0. The third-order valence-corrected chi connectivity index (χ3v) is 9.80. The van der Waals surface area contributed by atoms with Crippen LogP contribution in [0.5, 0.6) is 5.75 Å². The zero-order chi connectivity index (χ0) is 31.6. The number of sulfonamides is 1. The lowest BCUT2D eigenvalue weighted by Gasteiger charge is -2.39. The van der Waals surface area contributed by atoms with Gasteiger partial charge in [-0.15, -0.1) is 0 Å². The molecule has 0 atom stereocenters. The van der Waals surface area contributed by atoms with Crippen LogP contribution < -0.4 is 10.2 Å². The number of amides is 1. The smallest absolute Gasteiger partial charge is 0.302 e. The highest BCUT2D eigenvalue weighted by atomic mass is 32.2. The van der Waals surface area contributed by atoms with E-state index in [0.29, 0.717) is 16.9 Å². The number of fused-ring (bicyclic) bond motifs is 1. The number of nitro benzene ring substituents is 1. The van der Waals surface area contributed by atoms with Crippen LogP contribution in [0.15, 0.2) is 77.8 Å².